The minimum Gasteiger partial charge on any atom is -0.449 e. The molecule has 0 unspecified atom stereocenters. The lowest BCUT2D eigenvalue weighted by molar-refractivity contribution is -0.117. The summed E-state index contributed by atoms with van der Waals surface area (Å²) >= 11 is 1.57. The van der Waals surface area contributed by atoms with Crippen molar-refractivity contribution in [3.8, 4) is 5.75 Å². The molecule has 1 amide bonds. The molecule has 0 fully saturated rings. The molecule has 0 bridgehead atoms. The first kappa shape index (κ1) is 17.4. The third-order valence-electron chi connectivity index (χ3n) is 4.46. The molecule has 4 rings (SSSR count). The number of carbonyl (C=O) groups excluding carboxylic acids is 1. The van der Waals surface area contributed by atoms with Gasteiger partial charge in [0.15, 0.2) is 11.5 Å². The fraction of sp³-hybridized carbons (Fsp3) is 0.136. The number of rotatable bonds is 5. The second kappa shape index (κ2) is 7.68. The fourth-order valence-electron chi connectivity index (χ4n) is 3.14. The van der Waals surface area contributed by atoms with Gasteiger partial charge in [-0.3, -0.25) is 4.79 Å². The Morgan fingerprint density at radius 3 is 2.70 bits per heavy atom. The highest BCUT2D eigenvalue weighted by Gasteiger charge is 2.30. The van der Waals surface area contributed by atoms with E-state index in [1.165, 1.54) is 5.56 Å². The second-order valence-electron chi connectivity index (χ2n) is 6.40. The van der Waals surface area contributed by atoms with Gasteiger partial charge in [-0.2, -0.15) is 0 Å². The van der Waals surface area contributed by atoms with Crippen LogP contribution in [0.5, 0.6) is 5.75 Å². The van der Waals surface area contributed by atoms with Gasteiger partial charge >= 0.3 is 0 Å². The van der Waals surface area contributed by atoms with Gasteiger partial charge in [0.1, 0.15) is 0 Å². The van der Waals surface area contributed by atoms with E-state index < -0.39 is 0 Å². The molecule has 0 aliphatic carbocycles. The molecule has 1 aromatic heterocycles. The van der Waals surface area contributed by atoms with Gasteiger partial charge in [0.2, 0.25) is 0 Å². The molecule has 0 radical (unpaired) electrons. The Labute approximate surface area is 162 Å². The van der Waals surface area contributed by atoms with E-state index in [2.05, 4.69) is 12.1 Å². The fourth-order valence-corrected chi connectivity index (χ4v) is 3.78. The summed E-state index contributed by atoms with van der Waals surface area (Å²) in [6.07, 6.45) is 3.57. The molecule has 0 saturated carbocycles. The van der Waals surface area contributed by atoms with Gasteiger partial charge in [-0.05, 0) is 48.1 Å². The lowest BCUT2D eigenvalue weighted by atomic mass is 10.1. The summed E-state index contributed by atoms with van der Waals surface area (Å²) in [7, 11) is 0. The quantitative estimate of drug-likeness (QED) is 0.517. The van der Waals surface area contributed by atoms with E-state index in [9.17, 15) is 4.79 Å². The molecule has 136 valence electrons. The monoisotopic (exact) mass is 376 g/mol. The van der Waals surface area contributed by atoms with Crippen LogP contribution in [0.15, 0.2) is 71.8 Å². The maximum absolute atomic E-state index is 13.1. The maximum Gasteiger partial charge on any atom is 0.294 e. The summed E-state index contributed by atoms with van der Waals surface area (Å²) in [6, 6.07) is 19.6. The molecule has 3 aromatic rings. The van der Waals surface area contributed by atoms with Gasteiger partial charge in [-0.1, -0.05) is 36.4 Å². The van der Waals surface area contributed by atoms with Crippen LogP contribution in [0, 0.1) is 0 Å². The molecule has 0 spiro atoms. The predicted molar refractivity (Wildman–Crippen MR) is 111 cm³/mol. The number of benzene rings is 2. The molecule has 4 nitrogen and oxygen atoms in total. The van der Waals surface area contributed by atoms with E-state index >= 15 is 0 Å². The largest absolute Gasteiger partial charge is 0.449 e. The summed E-state index contributed by atoms with van der Waals surface area (Å²) in [6.45, 7) is 0.606. The Morgan fingerprint density at radius 1 is 1.07 bits per heavy atom. The zero-order valence-electron chi connectivity index (χ0n) is 14.8. The van der Waals surface area contributed by atoms with Crippen LogP contribution in [0.4, 0.5) is 11.4 Å². The highest BCUT2D eigenvalue weighted by Crippen LogP contribution is 2.37. The first-order valence-electron chi connectivity index (χ1n) is 8.89. The number of amides is 1. The van der Waals surface area contributed by atoms with Crippen LogP contribution in [-0.4, -0.2) is 12.5 Å². The van der Waals surface area contributed by atoms with Crippen molar-refractivity contribution in [1.29, 1.82) is 0 Å². The van der Waals surface area contributed by atoms with Gasteiger partial charge in [0, 0.05) is 23.2 Å². The van der Waals surface area contributed by atoms with Crippen molar-refractivity contribution in [2.45, 2.75) is 12.8 Å². The van der Waals surface area contributed by atoms with Crippen LogP contribution in [0.25, 0.3) is 6.08 Å². The molecular weight excluding hydrogens is 356 g/mol. The lowest BCUT2D eigenvalue weighted by Crippen LogP contribution is -2.38. The van der Waals surface area contributed by atoms with E-state index in [4.69, 9.17) is 10.5 Å². The van der Waals surface area contributed by atoms with Crippen molar-refractivity contribution in [3.05, 3.63) is 82.2 Å². The summed E-state index contributed by atoms with van der Waals surface area (Å²) in [5.41, 5.74) is 8.56. The number of nitrogen functional groups attached to an aromatic ring is 1. The Balaban J connectivity index is 1.59. The van der Waals surface area contributed by atoms with Gasteiger partial charge in [-0.15, -0.1) is 11.3 Å². The summed E-state index contributed by atoms with van der Waals surface area (Å²) in [4.78, 5) is 15.8. The predicted octanol–water partition coefficient (Wildman–Crippen LogP) is 4.73. The third-order valence-corrected chi connectivity index (χ3v) is 5.28. The van der Waals surface area contributed by atoms with Crippen molar-refractivity contribution >= 4 is 34.7 Å². The van der Waals surface area contributed by atoms with E-state index in [1.807, 2.05) is 41.8 Å². The first-order valence-corrected chi connectivity index (χ1v) is 9.77. The number of anilines is 2. The van der Waals surface area contributed by atoms with Crippen LogP contribution in [0.1, 0.15) is 16.9 Å². The van der Waals surface area contributed by atoms with Crippen molar-refractivity contribution in [2.75, 3.05) is 17.2 Å². The van der Waals surface area contributed by atoms with Crippen LogP contribution in [-0.2, 0) is 11.2 Å². The molecule has 27 heavy (non-hydrogen) atoms. The van der Waals surface area contributed by atoms with Gasteiger partial charge in [-0.25, -0.2) is 0 Å². The number of aryl methyl sites for hydroxylation is 1. The molecular formula is C22H20N2O2S. The summed E-state index contributed by atoms with van der Waals surface area (Å²) < 4.78 is 5.89. The van der Waals surface area contributed by atoms with E-state index in [-0.39, 0.29) is 5.91 Å². The van der Waals surface area contributed by atoms with Gasteiger partial charge < -0.3 is 15.4 Å². The highest BCUT2D eigenvalue weighted by molar-refractivity contribution is 7.10. The van der Waals surface area contributed by atoms with E-state index in [0.29, 0.717) is 23.7 Å². The Kier molecular flexibility index (Phi) is 4.94. The number of nitrogens with two attached hydrogens (primary N) is 1. The number of hydrogen-bond acceptors (Lipinski definition) is 4. The molecule has 2 aromatic carbocycles. The number of ether oxygens (including phenoxy) is 1. The maximum atomic E-state index is 13.1. The molecule has 0 atom stereocenters. The van der Waals surface area contributed by atoms with Gasteiger partial charge in [0.25, 0.3) is 5.91 Å². The zero-order chi connectivity index (χ0) is 18.6. The SMILES string of the molecule is Nc1ccc2c(c1)N(CCCc1ccccc1)C(=O)/C(=C\c1cccs1)O2. The normalized spacial score (nSPS) is 14.9. The topological polar surface area (TPSA) is 55.6 Å². The van der Waals surface area contributed by atoms with E-state index in [0.717, 1.165) is 23.4 Å². The number of nitrogens with zero attached hydrogens (tertiary/aromatic N) is 1. The van der Waals surface area contributed by atoms with Crippen molar-refractivity contribution in [1.82, 2.24) is 0 Å². The van der Waals surface area contributed by atoms with Crippen molar-refractivity contribution in [2.24, 2.45) is 0 Å². The van der Waals surface area contributed by atoms with Crippen LogP contribution in [0.3, 0.4) is 0 Å². The molecule has 2 N–H and O–H groups in total. The number of thiophene rings is 1. The minimum atomic E-state index is -0.130. The minimum absolute atomic E-state index is 0.130. The molecule has 2 heterocycles. The Bertz CT molecular complexity index is 965. The lowest BCUT2D eigenvalue weighted by Gasteiger charge is -2.30. The molecule has 1 aliphatic heterocycles. The summed E-state index contributed by atoms with van der Waals surface area (Å²) in [5.74, 6) is 0.871. The van der Waals surface area contributed by atoms with Crippen LogP contribution < -0.4 is 15.4 Å². The average Bonchev–Trinajstić information content (AvgIpc) is 3.19. The van der Waals surface area contributed by atoms with Crippen LogP contribution >= 0.6 is 11.3 Å². The molecule has 1 aliphatic rings. The Morgan fingerprint density at radius 2 is 1.93 bits per heavy atom. The number of fused-ring (bicyclic) bond motifs is 1. The van der Waals surface area contributed by atoms with Gasteiger partial charge in [0.05, 0.1) is 5.69 Å². The molecule has 5 heteroatoms. The molecule has 0 saturated heterocycles. The average molecular weight is 376 g/mol. The third kappa shape index (κ3) is 3.88. The van der Waals surface area contributed by atoms with Crippen LogP contribution in [0.2, 0.25) is 0 Å². The summed E-state index contributed by atoms with van der Waals surface area (Å²) in [5, 5.41) is 1.98. The zero-order valence-corrected chi connectivity index (χ0v) is 15.6. The highest BCUT2D eigenvalue weighted by atomic mass is 32.1. The first-order chi connectivity index (χ1) is 13.2. The van der Waals surface area contributed by atoms with E-state index in [1.54, 1.807) is 34.4 Å². The number of hydrogen-bond donors (Lipinski definition) is 1. The van der Waals surface area contributed by atoms with Crippen molar-refractivity contribution < 1.29 is 9.53 Å². The standard InChI is InChI=1S/C22H20N2O2S/c23-17-10-11-20-19(14-17)24(12-4-8-16-6-2-1-3-7-16)22(25)21(26-20)15-18-9-5-13-27-18/h1-3,5-7,9-11,13-15H,4,8,12,23H2/b21-15+. The number of carbonyl (C=O) groups is 1. The smallest absolute Gasteiger partial charge is 0.294 e. The second-order valence-corrected chi connectivity index (χ2v) is 7.38. The van der Waals surface area contributed by atoms with Crippen molar-refractivity contribution in [3.63, 3.8) is 0 Å². The Hall–Kier alpha value is -3.05.